The molecule has 0 unspecified atom stereocenters. The number of carbonyl (C=O) groups is 2. The SMILES string of the molecule is COc1ccc2[nH]cc(CCN3C(=O)C(O)=C(C(=O)Cc4ccccc4)[C@@H]3c3ccc(C)cc3)c2c1. The number of hydrogen-bond acceptors (Lipinski definition) is 4. The first kappa shape index (κ1) is 23.4. The molecule has 0 fully saturated rings. The molecule has 1 aromatic heterocycles. The van der Waals surface area contributed by atoms with Crippen LogP contribution in [0.1, 0.15) is 28.3 Å². The molecule has 1 aliphatic rings. The van der Waals surface area contributed by atoms with E-state index in [0.717, 1.165) is 38.9 Å². The van der Waals surface area contributed by atoms with Crippen molar-refractivity contribution in [3.63, 3.8) is 0 Å². The van der Waals surface area contributed by atoms with E-state index in [9.17, 15) is 14.7 Å². The molecule has 1 atom stereocenters. The monoisotopic (exact) mass is 480 g/mol. The number of aliphatic hydroxyl groups is 1. The predicted molar refractivity (Wildman–Crippen MR) is 139 cm³/mol. The third-order valence-corrected chi connectivity index (χ3v) is 6.80. The van der Waals surface area contributed by atoms with E-state index in [-0.39, 0.29) is 17.8 Å². The van der Waals surface area contributed by atoms with Gasteiger partial charge in [-0.1, -0.05) is 60.2 Å². The number of rotatable bonds is 8. The quantitative estimate of drug-likeness (QED) is 0.362. The molecule has 36 heavy (non-hydrogen) atoms. The molecule has 0 aliphatic carbocycles. The van der Waals surface area contributed by atoms with Crippen LogP contribution in [0.15, 0.2) is 90.3 Å². The number of fused-ring (bicyclic) bond motifs is 1. The lowest BCUT2D eigenvalue weighted by Gasteiger charge is -2.27. The summed E-state index contributed by atoms with van der Waals surface area (Å²) in [4.78, 5) is 31.6. The summed E-state index contributed by atoms with van der Waals surface area (Å²) in [7, 11) is 1.63. The van der Waals surface area contributed by atoms with Crippen molar-refractivity contribution in [1.29, 1.82) is 0 Å². The van der Waals surface area contributed by atoms with Crippen LogP contribution in [0, 0.1) is 6.92 Å². The zero-order chi connectivity index (χ0) is 25.2. The van der Waals surface area contributed by atoms with Crippen molar-refractivity contribution >= 4 is 22.6 Å². The van der Waals surface area contributed by atoms with Gasteiger partial charge in [0.15, 0.2) is 11.5 Å². The molecule has 6 nitrogen and oxygen atoms in total. The third-order valence-electron chi connectivity index (χ3n) is 6.80. The number of aliphatic hydroxyl groups excluding tert-OH is 1. The maximum Gasteiger partial charge on any atom is 0.290 e. The fourth-order valence-corrected chi connectivity index (χ4v) is 4.87. The van der Waals surface area contributed by atoms with Gasteiger partial charge in [-0.25, -0.2) is 0 Å². The zero-order valence-electron chi connectivity index (χ0n) is 20.3. The van der Waals surface area contributed by atoms with Gasteiger partial charge in [0, 0.05) is 30.1 Å². The highest BCUT2D eigenvalue weighted by molar-refractivity contribution is 6.09. The highest BCUT2D eigenvalue weighted by Gasteiger charge is 2.43. The molecule has 0 radical (unpaired) electrons. The van der Waals surface area contributed by atoms with Crippen molar-refractivity contribution in [2.75, 3.05) is 13.7 Å². The number of nitrogens with zero attached hydrogens (tertiary/aromatic N) is 1. The molecule has 0 spiro atoms. The number of amides is 1. The Morgan fingerprint density at radius 3 is 2.53 bits per heavy atom. The summed E-state index contributed by atoms with van der Waals surface area (Å²) in [5.41, 5.74) is 4.89. The van der Waals surface area contributed by atoms with Crippen LogP contribution in [-0.2, 0) is 22.4 Å². The van der Waals surface area contributed by atoms with Crippen molar-refractivity contribution in [2.45, 2.75) is 25.8 Å². The number of aromatic amines is 1. The molecule has 1 aliphatic heterocycles. The van der Waals surface area contributed by atoms with E-state index in [0.29, 0.717) is 13.0 Å². The third kappa shape index (κ3) is 4.38. The molecule has 4 aromatic rings. The van der Waals surface area contributed by atoms with Gasteiger partial charge in [0.2, 0.25) is 0 Å². The van der Waals surface area contributed by atoms with Gasteiger partial charge in [0.25, 0.3) is 5.91 Å². The summed E-state index contributed by atoms with van der Waals surface area (Å²) in [6.07, 6.45) is 2.60. The zero-order valence-corrected chi connectivity index (χ0v) is 20.3. The van der Waals surface area contributed by atoms with Crippen molar-refractivity contribution in [1.82, 2.24) is 9.88 Å². The van der Waals surface area contributed by atoms with Crippen LogP contribution in [0.4, 0.5) is 0 Å². The summed E-state index contributed by atoms with van der Waals surface area (Å²) >= 11 is 0. The van der Waals surface area contributed by atoms with Crippen molar-refractivity contribution in [3.05, 3.63) is 113 Å². The number of benzene rings is 3. The van der Waals surface area contributed by atoms with Gasteiger partial charge in [0.1, 0.15) is 5.75 Å². The Kier molecular flexibility index (Phi) is 6.34. The maximum absolute atomic E-state index is 13.4. The van der Waals surface area contributed by atoms with E-state index >= 15 is 0 Å². The summed E-state index contributed by atoms with van der Waals surface area (Å²) in [5, 5.41) is 11.9. The van der Waals surface area contributed by atoms with Crippen LogP contribution >= 0.6 is 0 Å². The second kappa shape index (κ2) is 9.74. The molecule has 182 valence electrons. The number of aromatic nitrogens is 1. The van der Waals surface area contributed by atoms with Crippen molar-refractivity contribution < 1.29 is 19.4 Å². The second-order valence-corrected chi connectivity index (χ2v) is 9.14. The van der Waals surface area contributed by atoms with Gasteiger partial charge in [0.05, 0.1) is 18.7 Å². The lowest BCUT2D eigenvalue weighted by atomic mass is 9.92. The molecular weight excluding hydrogens is 452 g/mol. The van der Waals surface area contributed by atoms with Gasteiger partial charge >= 0.3 is 0 Å². The van der Waals surface area contributed by atoms with Crippen LogP contribution in [0.3, 0.4) is 0 Å². The summed E-state index contributed by atoms with van der Waals surface area (Å²) in [5.74, 6) is -0.472. The average molecular weight is 481 g/mol. The minimum atomic E-state index is -0.644. The highest BCUT2D eigenvalue weighted by atomic mass is 16.5. The largest absolute Gasteiger partial charge is 0.503 e. The minimum absolute atomic E-state index is 0.117. The van der Waals surface area contributed by atoms with Crippen LogP contribution < -0.4 is 4.74 Å². The Morgan fingerprint density at radius 1 is 1.06 bits per heavy atom. The number of carbonyl (C=O) groups excluding carboxylic acids is 2. The molecule has 3 aromatic carbocycles. The van der Waals surface area contributed by atoms with E-state index in [1.165, 1.54) is 0 Å². The fraction of sp³-hybridized carbons (Fsp3) is 0.200. The highest BCUT2D eigenvalue weighted by Crippen LogP contribution is 2.38. The Labute approximate surface area is 209 Å². The van der Waals surface area contributed by atoms with Gasteiger partial charge in [-0.3, -0.25) is 9.59 Å². The summed E-state index contributed by atoms with van der Waals surface area (Å²) in [6.45, 7) is 2.33. The Morgan fingerprint density at radius 2 is 1.81 bits per heavy atom. The number of H-pyrrole nitrogens is 1. The summed E-state index contributed by atoms with van der Waals surface area (Å²) in [6, 6.07) is 22.3. The maximum atomic E-state index is 13.4. The number of ether oxygens (including phenoxy) is 1. The normalized spacial score (nSPS) is 15.7. The molecule has 1 amide bonds. The molecule has 0 saturated carbocycles. The van der Waals surface area contributed by atoms with E-state index in [1.54, 1.807) is 12.0 Å². The lowest BCUT2D eigenvalue weighted by Crippen LogP contribution is -2.33. The van der Waals surface area contributed by atoms with Crippen molar-refractivity contribution in [2.24, 2.45) is 0 Å². The molecule has 2 N–H and O–H groups in total. The average Bonchev–Trinajstić information content (AvgIpc) is 3.41. The first-order valence-corrected chi connectivity index (χ1v) is 12.0. The number of nitrogens with one attached hydrogen (secondary N) is 1. The molecular formula is C30H28N2O4. The molecule has 2 heterocycles. The number of ketones is 1. The molecule has 5 rings (SSSR count). The number of aryl methyl sites for hydroxylation is 1. The predicted octanol–water partition coefficient (Wildman–Crippen LogP) is 5.23. The number of methoxy groups -OCH3 is 1. The molecule has 0 bridgehead atoms. The Bertz CT molecular complexity index is 1450. The number of hydrogen-bond donors (Lipinski definition) is 2. The van der Waals surface area contributed by atoms with E-state index in [2.05, 4.69) is 4.98 Å². The Balaban J connectivity index is 1.47. The van der Waals surface area contributed by atoms with Gasteiger partial charge in [-0.05, 0) is 48.2 Å². The van der Waals surface area contributed by atoms with Crippen LogP contribution in [0.2, 0.25) is 0 Å². The fourth-order valence-electron chi connectivity index (χ4n) is 4.87. The van der Waals surface area contributed by atoms with Gasteiger partial charge < -0.3 is 19.7 Å². The smallest absolute Gasteiger partial charge is 0.290 e. The van der Waals surface area contributed by atoms with Gasteiger partial charge in [-0.2, -0.15) is 0 Å². The van der Waals surface area contributed by atoms with Gasteiger partial charge in [-0.15, -0.1) is 0 Å². The van der Waals surface area contributed by atoms with Crippen LogP contribution in [0.5, 0.6) is 5.75 Å². The van der Waals surface area contributed by atoms with E-state index in [4.69, 9.17) is 4.74 Å². The topological polar surface area (TPSA) is 82.6 Å². The lowest BCUT2D eigenvalue weighted by molar-refractivity contribution is -0.129. The molecule has 0 saturated heterocycles. The number of Topliss-reactive ketones (excluding diaryl/α,β-unsaturated/α-hetero) is 1. The van der Waals surface area contributed by atoms with E-state index in [1.807, 2.05) is 85.9 Å². The second-order valence-electron chi connectivity index (χ2n) is 9.14. The first-order chi connectivity index (χ1) is 17.5. The van der Waals surface area contributed by atoms with Crippen molar-refractivity contribution in [3.8, 4) is 5.75 Å². The van der Waals surface area contributed by atoms with Crippen LogP contribution in [-0.4, -0.2) is 40.3 Å². The van der Waals surface area contributed by atoms with E-state index < -0.39 is 17.7 Å². The minimum Gasteiger partial charge on any atom is -0.503 e. The first-order valence-electron chi connectivity index (χ1n) is 12.0. The molecule has 6 heteroatoms. The summed E-state index contributed by atoms with van der Waals surface area (Å²) < 4.78 is 5.37. The van der Waals surface area contributed by atoms with Crippen LogP contribution in [0.25, 0.3) is 10.9 Å². The Hall–Kier alpha value is -4.32. The standard InChI is InChI=1S/C30H28N2O4/c1-19-8-10-21(11-9-19)28-27(26(33)16-20-6-4-3-5-7-20)29(34)30(35)32(28)15-14-22-18-31-25-13-12-23(36-2)17-24(22)25/h3-13,17-18,28,31,34H,14-16H2,1-2H3/t28-/m0/s1.